The number of aromatic nitrogens is 3. The van der Waals surface area contributed by atoms with Gasteiger partial charge in [-0.05, 0) is 25.9 Å². The summed E-state index contributed by atoms with van der Waals surface area (Å²) in [7, 11) is 1.51. The number of nitrogen functional groups attached to an aromatic ring is 1. The number of nitrogens with zero attached hydrogens (tertiary/aromatic N) is 4. The minimum absolute atomic E-state index is 0.240. The van der Waals surface area contributed by atoms with Crippen molar-refractivity contribution in [2.75, 3.05) is 37.5 Å². The fraction of sp³-hybridized carbons (Fsp3) is 0.727. The molecule has 1 aromatic heterocycles. The summed E-state index contributed by atoms with van der Waals surface area (Å²) in [5, 5.41) is 3.22. The minimum atomic E-state index is 0.240. The monoisotopic (exact) mass is 267 g/mol. The molecule has 1 aliphatic rings. The smallest absolute Gasteiger partial charge is 0.322 e. The number of hydrazine groups is 1. The van der Waals surface area contributed by atoms with E-state index in [1.807, 2.05) is 0 Å². The molecule has 0 aromatic carbocycles. The Hall–Kier alpha value is -1.67. The standard InChI is InChI=1S/C11H21N7O/c1-3-18-6-4-5-8(18)7-13-9-14-10(17-12)16-11(15-9)19-2/h8H,3-7,12H2,1-2H3,(H2,13,14,15,16,17). The van der Waals surface area contributed by atoms with Crippen LogP contribution in [0.4, 0.5) is 11.9 Å². The van der Waals surface area contributed by atoms with Gasteiger partial charge >= 0.3 is 6.01 Å². The van der Waals surface area contributed by atoms with Crippen molar-refractivity contribution in [3.8, 4) is 6.01 Å². The largest absolute Gasteiger partial charge is 0.467 e. The van der Waals surface area contributed by atoms with Crippen molar-refractivity contribution in [1.82, 2.24) is 19.9 Å². The average Bonchev–Trinajstić information content (AvgIpc) is 2.92. The molecule has 2 heterocycles. The number of nitrogens with one attached hydrogen (secondary N) is 2. The number of nitrogens with two attached hydrogens (primary N) is 1. The van der Waals surface area contributed by atoms with Gasteiger partial charge in [0.2, 0.25) is 11.9 Å². The number of ether oxygens (including phenoxy) is 1. The van der Waals surface area contributed by atoms with Gasteiger partial charge in [0.05, 0.1) is 7.11 Å². The van der Waals surface area contributed by atoms with E-state index in [2.05, 4.69) is 37.5 Å². The molecule has 1 unspecified atom stereocenters. The van der Waals surface area contributed by atoms with Gasteiger partial charge < -0.3 is 10.1 Å². The summed E-state index contributed by atoms with van der Waals surface area (Å²) in [5.74, 6) is 6.07. The zero-order valence-corrected chi connectivity index (χ0v) is 11.4. The molecule has 2 rings (SSSR count). The maximum absolute atomic E-state index is 5.31. The summed E-state index contributed by atoms with van der Waals surface area (Å²) < 4.78 is 5.00. The van der Waals surface area contributed by atoms with Crippen LogP contribution in [0.15, 0.2) is 0 Å². The van der Waals surface area contributed by atoms with Gasteiger partial charge in [-0.1, -0.05) is 6.92 Å². The molecule has 1 saturated heterocycles. The molecule has 4 N–H and O–H groups in total. The highest BCUT2D eigenvalue weighted by atomic mass is 16.5. The molecule has 1 aromatic rings. The topological polar surface area (TPSA) is 101 Å². The predicted molar refractivity (Wildman–Crippen MR) is 72.9 cm³/mol. The Kier molecular flexibility index (Phi) is 4.69. The molecule has 0 amide bonds. The second kappa shape index (κ2) is 6.48. The Morgan fingerprint density at radius 1 is 1.37 bits per heavy atom. The summed E-state index contributed by atoms with van der Waals surface area (Å²) in [6.45, 7) is 5.23. The Labute approximate surface area is 112 Å². The SMILES string of the molecule is CCN1CCCC1CNc1nc(NN)nc(OC)n1. The second-order valence-electron chi connectivity index (χ2n) is 4.42. The van der Waals surface area contributed by atoms with Crippen LogP contribution in [0.25, 0.3) is 0 Å². The number of hydrogen-bond donors (Lipinski definition) is 3. The van der Waals surface area contributed by atoms with Crippen molar-refractivity contribution < 1.29 is 4.74 Å². The van der Waals surface area contributed by atoms with Crippen LogP contribution >= 0.6 is 0 Å². The molecule has 1 aliphatic heterocycles. The molecule has 0 radical (unpaired) electrons. The summed E-state index contributed by atoms with van der Waals surface area (Å²) in [4.78, 5) is 14.7. The molecule has 106 valence electrons. The molecule has 8 heteroatoms. The normalized spacial score (nSPS) is 19.4. The van der Waals surface area contributed by atoms with E-state index in [-0.39, 0.29) is 12.0 Å². The summed E-state index contributed by atoms with van der Waals surface area (Å²) in [6, 6.07) is 0.770. The number of anilines is 2. The van der Waals surface area contributed by atoms with E-state index < -0.39 is 0 Å². The van der Waals surface area contributed by atoms with Crippen molar-refractivity contribution >= 4 is 11.9 Å². The quantitative estimate of drug-likeness (QED) is 0.491. The molecule has 1 atom stereocenters. The van der Waals surface area contributed by atoms with Crippen molar-refractivity contribution in [3.63, 3.8) is 0 Å². The van der Waals surface area contributed by atoms with Crippen LogP contribution in [-0.2, 0) is 0 Å². The highest BCUT2D eigenvalue weighted by Crippen LogP contribution is 2.17. The van der Waals surface area contributed by atoms with E-state index in [1.165, 1.54) is 26.5 Å². The first kappa shape index (κ1) is 13.8. The Bertz CT molecular complexity index is 392. The lowest BCUT2D eigenvalue weighted by atomic mass is 10.2. The third-order valence-electron chi connectivity index (χ3n) is 3.33. The van der Waals surface area contributed by atoms with Crippen molar-refractivity contribution in [2.45, 2.75) is 25.8 Å². The molecular formula is C11H21N7O. The molecular weight excluding hydrogens is 246 g/mol. The van der Waals surface area contributed by atoms with Crippen LogP contribution in [0, 0.1) is 0 Å². The number of hydrogen-bond acceptors (Lipinski definition) is 8. The number of rotatable bonds is 6. The maximum atomic E-state index is 5.31. The predicted octanol–water partition coefficient (Wildman–Crippen LogP) is 0.0620. The van der Waals surface area contributed by atoms with Gasteiger partial charge in [0.15, 0.2) is 0 Å². The molecule has 0 bridgehead atoms. The van der Waals surface area contributed by atoms with Gasteiger partial charge in [-0.15, -0.1) is 0 Å². The van der Waals surface area contributed by atoms with E-state index in [9.17, 15) is 0 Å². The molecule has 0 aliphatic carbocycles. The van der Waals surface area contributed by atoms with Gasteiger partial charge in [-0.2, -0.15) is 15.0 Å². The summed E-state index contributed by atoms with van der Waals surface area (Å²) in [5.41, 5.74) is 2.40. The van der Waals surface area contributed by atoms with E-state index in [0.29, 0.717) is 12.0 Å². The van der Waals surface area contributed by atoms with E-state index in [1.54, 1.807) is 0 Å². The highest BCUT2D eigenvalue weighted by Gasteiger charge is 2.22. The van der Waals surface area contributed by atoms with E-state index in [4.69, 9.17) is 10.6 Å². The fourth-order valence-electron chi connectivity index (χ4n) is 2.34. The van der Waals surface area contributed by atoms with Crippen molar-refractivity contribution in [1.29, 1.82) is 0 Å². The van der Waals surface area contributed by atoms with Crippen LogP contribution in [0.3, 0.4) is 0 Å². The minimum Gasteiger partial charge on any atom is -0.467 e. The first-order valence-corrected chi connectivity index (χ1v) is 6.51. The average molecular weight is 267 g/mol. The third kappa shape index (κ3) is 3.42. The Morgan fingerprint density at radius 2 is 2.16 bits per heavy atom. The lowest BCUT2D eigenvalue weighted by Gasteiger charge is -2.22. The van der Waals surface area contributed by atoms with Crippen LogP contribution < -0.4 is 21.3 Å². The fourth-order valence-corrected chi connectivity index (χ4v) is 2.34. The molecule has 0 spiro atoms. The summed E-state index contributed by atoms with van der Waals surface area (Å²) >= 11 is 0. The zero-order valence-electron chi connectivity index (χ0n) is 11.4. The van der Waals surface area contributed by atoms with Gasteiger partial charge in [0, 0.05) is 12.6 Å². The number of likely N-dealkylation sites (N-methyl/N-ethyl adjacent to an activating group) is 1. The number of likely N-dealkylation sites (tertiary alicyclic amines) is 1. The van der Waals surface area contributed by atoms with Gasteiger partial charge in [0.25, 0.3) is 0 Å². The van der Waals surface area contributed by atoms with E-state index in [0.717, 1.165) is 13.1 Å². The Balaban J connectivity index is 1.98. The van der Waals surface area contributed by atoms with Crippen molar-refractivity contribution in [2.24, 2.45) is 5.84 Å². The Morgan fingerprint density at radius 3 is 2.84 bits per heavy atom. The highest BCUT2D eigenvalue weighted by molar-refractivity contribution is 5.35. The first-order valence-electron chi connectivity index (χ1n) is 6.51. The van der Waals surface area contributed by atoms with Crippen molar-refractivity contribution in [3.05, 3.63) is 0 Å². The van der Waals surface area contributed by atoms with Crippen LogP contribution in [0.2, 0.25) is 0 Å². The first-order chi connectivity index (χ1) is 9.26. The maximum Gasteiger partial charge on any atom is 0.322 e. The van der Waals surface area contributed by atoms with Gasteiger partial charge in [-0.25, -0.2) is 5.84 Å². The van der Waals surface area contributed by atoms with Crippen LogP contribution in [0.1, 0.15) is 19.8 Å². The molecule has 0 saturated carbocycles. The van der Waals surface area contributed by atoms with E-state index >= 15 is 0 Å². The lowest BCUT2D eigenvalue weighted by molar-refractivity contribution is 0.276. The van der Waals surface area contributed by atoms with Gasteiger partial charge in [0.1, 0.15) is 0 Å². The molecule has 1 fully saturated rings. The molecule has 19 heavy (non-hydrogen) atoms. The molecule has 8 nitrogen and oxygen atoms in total. The number of methoxy groups -OCH3 is 1. The lowest BCUT2D eigenvalue weighted by Crippen LogP contribution is -2.35. The van der Waals surface area contributed by atoms with Gasteiger partial charge in [-0.3, -0.25) is 10.3 Å². The van der Waals surface area contributed by atoms with Crippen LogP contribution in [0.5, 0.6) is 6.01 Å². The second-order valence-corrected chi connectivity index (χ2v) is 4.42. The zero-order chi connectivity index (χ0) is 13.7. The van der Waals surface area contributed by atoms with Crippen LogP contribution in [-0.4, -0.2) is 52.6 Å². The summed E-state index contributed by atoms with van der Waals surface area (Å²) in [6.07, 6.45) is 2.45. The third-order valence-corrected chi connectivity index (χ3v) is 3.33.